The number of rotatable bonds is 7. The molecule has 0 bridgehead atoms. The topological polar surface area (TPSA) is 57.6 Å². The number of carbonyl (C=O) groups excluding carboxylic acids is 1. The number of likely N-dealkylation sites (tertiary alicyclic amines) is 1. The van der Waals surface area contributed by atoms with Gasteiger partial charge in [-0.1, -0.05) is 37.1 Å². The van der Waals surface area contributed by atoms with Gasteiger partial charge in [-0.3, -0.25) is 4.79 Å². The molecular formula is C20H27NO3. The number of carboxylic acid groups (broad SMARTS) is 1. The predicted octanol–water partition coefficient (Wildman–Crippen LogP) is 3.43. The zero-order valence-corrected chi connectivity index (χ0v) is 14.2. The van der Waals surface area contributed by atoms with Gasteiger partial charge in [-0.25, -0.2) is 4.79 Å². The van der Waals surface area contributed by atoms with E-state index in [1.807, 2.05) is 0 Å². The molecular weight excluding hydrogens is 302 g/mol. The van der Waals surface area contributed by atoms with E-state index in [9.17, 15) is 9.59 Å². The Bertz CT molecular complexity index is 573. The SMILES string of the molecule is O=C(O)[C@@H]1CCCN1C(=O)CCCCCC1Cc2ccccc2C1. The summed E-state index contributed by atoms with van der Waals surface area (Å²) >= 11 is 0. The van der Waals surface area contributed by atoms with Crippen LogP contribution in [0.15, 0.2) is 24.3 Å². The average Bonchev–Trinajstić information content (AvgIpc) is 3.20. The number of nitrogens with zero attached hydrogens (tertiary/aromatic N) is 1. The Kier molecular flexibility index (Phi) is 5.54. The molecule has 0 radical (unpaired) electrons. The Labute approximate surface area is 143 Å². The molecule has 130 valence electrons. The molecule has 4 heteroatoms. The molecule has 1 aromatic carbocycles. The smallest absolute Gasteiger partial charge is 0.326 e. The normalized spacial score (nSPS) is 20.3. The van der Waals surface area contributed by atoms with Crippen LogP contribution in [0.3, 0.4) is 0 Å². The Morgan fingerprint density at radius 3 is 2.46 bits per heavy atom. The molecule has 1 aliphatic carbocycles. The van der Waals surface area contributed by atoms with E-state index in [0.717, 1.165) is 31.6 Å². The molecule has 1 aromatic rings. The summed E-state index contributed by atoms with van der Waals surface area (Å²) in [5.41, 5.74) is 3.01. The first kappa shape index (κ1) is 17.0. The quantitative estimate of drug-likeness (QED) is 0.780. The van der Waals surface area contributed by atoms with E-state index in [4.69, 9.17) is 5.11 Å². The standard InChI is InChI=1S/C20H27NO3/c22-19(21-12-6-10-18(21)20(23)24)11-3-1-2-7-15-13-16-8-4-5-9-17(16)14-15/h4-5,8-9,15,18H,1-3,6-7,10-14H2,(H,23,24)/t18-/m0/s1. The maximum atomic E-state index is 12.2. The number of fused-ring (bicyclic) bond motifs is 1. The lowest BCUT2D eigenvalue weighted by molar-refractivity contribution is -0.148. The first-order chi connectivity index (χ1) is 11.6. The van der Waals surface area contributed by atoms with Crippen LogP contribution in [-0.2, 0) is 22.4 Å². The van der Waals surface area contributed by atoms with Gasteiger partial charge in [-0.15, -0.1) is 0 Å². The summed E-state index contributed by atoms with van der Waals surface area (Å²) in [4.78, 5) is 24.9. The molecule has 1 fully saturated rings. The molecule has 1 N–H and O–H groups in total. The molecule has 1 heterocycles. The van der Waals surface area contributed by atoms with Crippen LogP contribution in [0, 0.1) is 5.92 Å². The fourth-order valence-corrected chi connectivity index (χ4v) is 4.21. The van der Waals surface area contributed by atoms with Crippen LogP contribution < -0.4 is 0 Å². The van der Waals surface area contributed by atoms with Gasteiger partial charge in [0.05, 0.1) is 0 Å². The molecule has 1 saturated heterocycles. The van der Waals surface area contributed by atoms with Gasteiger partial charge in [-0.2, -0.15) is 0 Å². The number of carbonyl (C=O) groups is 2. The average molecular weight is 329 g/mol. The second kappa shape index (κ2) is 7.82. The molecule has 0 unspecified atom stereocenters. The van der Waals surface area contributed by atoms with E-state index in [0.29, 0.717) is 19.4 Å². The highest BCUT2D eigenvalue weighted by Gasteiger charge is 2.33. The van der Waals surface area contributed by atoms with E-state index >= 15 is 0 Å². The van der Waals surface area contributed by atoms with Crippen molar-refractivity contribution < 1.29 is 14.7 Å². The number of amides is 1. The third-order valence-electron chi connectivity index (χ3n) is 5.50. The Balaban J connectivity index is 1.32. The van der Waals surface area contributed by atoms with E-state index in [-0.39, 0.29) is 5.91 Å². The minimum absolute atomic E-state index is 0.0215. The summed E-state index contributed by atoms with van der Waals surface area (Å²) in [7, 11) is 0. The predicted molar refractivity (Wildman–Crippen MR) is 92.8 cm³/mol. The van der Waals surface area contributed by atoms with Gasteiger partial charge in [0.15, 0.2) is 0 Å². The van der Waals surface area contributed by atoms with Crippen LogP contribution in [0.1, 0.15) is 56.1 Å². The van der Waals surface area contributed by atoms with E-state index in [1.165, 1.54) is 30.4 Å². The van der Waals surface area contributed by atoms with Crippen molar-refractivity contribution >= 4 is 11.9 Å². The van der Waals surface area contributed by atoms with Crippen molar-refractivity contribution in [2.45, 2.75) is 63.8 Å². The van der Waals surface area contributed by atoms with E-state index < -0.39 is 12.0 Å². The van der Waals surface area contributed by atoms with Crippen molar-refractivity contribution in [3.05, 3.63) is 35.4 Å². The molecule has 3 rings (SSSR count). The van der Waals surface area contributed by atoms with Crippen molar-refractivity contribution in [2.24, 2.45) is 5.92 Å². The highest BCUT2D eigenvalue weighted by Crippen LogP contribution is 2.30. The minimum atomic E-state index is -0.860. The monoisotopic (exact) mass is 329 g/mol. The summed E-state index contributed by atoms with van der Waals surface area (Å²) in [5, 5.41) is 9.14. The Hall–Kier alpha value is -1.84. The summed E-state index contributed by atoms with van der Waals surface area (Å²) < 4.78 is 0. The van der Waals surface area contributed by atoms with Gasteiger partial charge in [-0.05, 0) is 55.6 Å². The zero-order chi connectivity index (χ0) is 16.9. The summed E-state index contributed by atoms with van der Waals surface area (Å²) in [6.07, 6.45) is 8.62. The van der Waals surface area contributed by atoms with Crippen molar-refractivity contribution in [3.63, 3.8) is 0 Å². The van der Waals surface area contributed by atoms with E-state index in [2.05, 4.69) is 24.3 Å². The number of aliphatic carboxylic acids is 1. The largest absolute Gasteiger partial charge is 0.480 e. The molecule has 1 amide bonds. The number of hydrogen-bond donors (Lipinski definition) is 1. The minimum Gasteiger partial charge on any atom is -0.480 e. The summed E-state index contributed by atoms with van der Waals surface area (Å²) in [5.74, 6) is -0.0807. The zero-order valence-electron chi connectivity index (χ0n) is 14.2. The number of unbranched alkanes of at least 4 members (excludes halogenated alkanes) is 2. The van der Waals surface area contributed by atoms with Gasteiger partial charge in [0.2, 0.25) is 5.91 Å². The van der Waals surface area contributed by atoms with Gasteiger partial charge in [0.1, 0.15) is 6.04 Å². The summed E-state index contributed by atoms with van der Waals surface area (Å²) in [6.45, 7) is 0.607. The lowest BCUT2D eigenvalue weighted by Crippen LogP contribution is -2.40. The molecule has 24 heavy (non-hydrogen) atoms. The molecule has 1 atom stereocenters. The molecule has 0 aromatic heterocycles. The third-order valence-corrected chi connectivity index (χ3v) is 5.50. The van der Waals surface area contributed by atoms with Gasteiger partial charge < -0.3 is 10.0 Å². The molecule has 4 nitrogen and oxygen atoms in total. The van der Waals surface area contributed by atoms with E-state index in [1.54, 1.807) is 4.90 Å². The first-order valence-corrected chi connectivity index (χ1v) is 9.24. The Morgan fingerprint density at radius 1 is 1.08 bits per heavy atom. The number of hydrogen-bond acceptors (Lipinski definition) is 2. The van der Waals surface area contributed by atoms with Crippen LogP contribution in [0.5, 0.6) is 0 Å². The van der Waals surface area contributed by atoms with Gasteiger partial charge in [0, 0.05) is 13.0 Å². The van der Waals surface area contributed by atoms with Crippen LogP contribution in [0.25, 0.3) is 0 Å². The lowest BCUT2D eigenvalue weighted by atomic mass is 9.98. The highest BCUT2D eigenvalue weighted by molar-refractivity contribution is 5.84. The second-order valence-electron chi connectivity index (χ2n) is 7.23. The molecule has 1 aliphatic heterocycles. The van der Waals surface area contributed by atoms with Crippen LogP contribution in [0.4, 0.5) is 0 Å². The Morgan fingerprint density at radius 2 is 1.79 bits per heavy atom. The maximum absolute atomic E-state index is 12.2. The molecule has 0 spiro atoms. The van der Waals surface area contributed by atoms with Gasteiger partial charge in [0.25, 0.3) is 0 Å². The first-order valence-electron chi connectivity index (χ1n) is 9.24. The maximum Gasteiger partial charge on any atom is 0.326 e. The second-order valence-corrected chi connectivity index (χ2v) is 7.23. The highest BCUT2D eigenvalue weighted by atomic mass is 16.4. The van der Waals surface area contributed by atoms with Crippen molar-refractivity contribution in [1.82, 2.24) is 4.90 Å². The third kappa shape index (κ3) is 3.97. The van der Waals surface area contributed by atoms with Gasteiger partial charge >= 0.3 is 5.97 Å². The summed E-state index contributed by atoms with van der Waals surface area (Å²) in [6, 6.07) is 8.13. The van der Waals surface area contributed by atoms with Crippen LogP contribution in [0.2, 0.25) is 0 Å². The van der Waals surface area contributed by atoms with Crippen molar-refractivity contribution in [2.75, 3.05) is 6.54 Å². The number of carboxylic acids is 1. The lowest BCUT2D eigenvalue weighted by Gasteiger charge is -2.21. The van der Waals surface area contributed by atoms with Crippen LogP contribution in [-0.4, -0.2) is 34.5 Å². The van der Waals surface area contributed by atoms with Crippen molar-refractivity contribution in [1.29, 1.82) is 0 Å². The number of benzene rings is 1. The molecule has 0 saturated carbocycles. The van der Waals surface area contributed by atoms with Crippen molar-refractivity contribution in [3.8, 4) is 0 Å². The fourth-order valence-electron chi connectivity index (χ4n) is 4.21. The molecule has 2 aliphatic rings. The fraction of sp³-hybridized carbons (Fsp3) is 0.600. The van der Waals surface area contributed by atoms with Crippen LogP contribution >= 0.6 is 0 Å².